The normalized spacial score (nSPS) is 12.6. The largest absolute Gasteiger partial charge is 0.494 e. The van der Waals surface area contributed by atoms with Crippen molar-refractivity contribution in [3.8, 4) is 11.6 Å². The summed E-state index contributed by atoms with van der Waals surface area (Å²) in [6, 6.07) is 7.24. The molecule has 1 heterocycles. The second kappa shape index (κ2) is 8.92. The third-order valence-corrected chi connectivity index (χ3v) is 3.93. The average molecular weight is 383 g/mol. The Kier molecular flexibility index (Phi) is 6.87. The first-order valence-corrected chi connectivity index (χ1v) is 8.91. The molecule has 0 radical (unpaired) electrons. The molecule has 0 aliphatic rings. The molecule has 0 bridgehead atoms. The van der Waals surface area contributed by atoms with Gasteiger partial charge in [0, 0.05) is 24.5 Å². The lowest BCUT2D eigenvalue weighted by atomic mass is 10.2. The minimum atomic E-state index is -4.59. The van der Waals surface area contributed by atoms with Crippen LogP contribution in [0.2, 0.25) is 0 Å². The van der Waals surface area contributed by atoms with Crippen molar-refractivity contribution in [2.75, 3.05) is 18.1 Å². The van der Waals surface area contributed by atoms with Crippen LogP contribution in [0.15, 0.2) is 30.5 Å². The van der Waals surface area contributed by atoms with E-state index in [0.717, 1.165) is 11.9 Å². The van der Waals surface area contributed by atoms with Crippen molar-refractivity contribution < 1.29 is 22.6 Å². The van der Waals surface area contributed by atoms with Crippen molar-refractivity contribution in [2.45, 2.75) is 46.4 Å². The fourth-order valence-electron chi connectivity index (χ4n) is 2.39. The smallest absolute Gasteiger partial charge is 0.423 e. The van der Waals surface area contributed by atoms with Gasteiger partial charge >= 0.3 is 6.18 Å². The van der Waals surface area contributed by atoms with E-state index >= 15 is 0 Å². The van der Waals surface area contributed by atoms with Gasteiger partial charge in [0.1, 0.15) is 11.3 Å². The summed E-state index contributed by atoms with van der Waals surface area (Å²) in [5.41, 5.74) is -0.261. The SMILES string of the molecule is CCOc1cccc(N(CC)c2ncc(C(F)(F)F)c(OC(C)CC)n2)c1. The van der Waals surface area contributed by atoms with Gasteiger partial charge in [0.05, 0.1) is 12.7 Å². The van der Waals surface area contributed by atoms with Crippen LogP contribution in [0.4, 0.5) is 24.8 Å². The molecular weight excluding hydrogens is 359 g/mol. The van der Waals surface area contributed by atoms with Crippen molar-refractivity contribution in [1.29, 1.82) is 0 Å². The van der Waals surface area contributed by atoms with E-state index in [4.69, 9.17) is 9.47 Å². The molecule has 2 rings (SSSR count). The zero-order valence-corrected chi connectivity index (χ0v) is 15.9. The van der Waals surface area contributed by atoms with Crippen LogP contribution in [0, 0.1) is 0 Å². The molecule has 0 saturated heterocycles. The summed E-state index contributed by atoms with van der Waals surface area (Å²) in [6.45, 7) is 8.25. The number of aromatic nitrogens is 2. The third-order valence-electron chi connectivity index (χ3n) is 3.93. The average Bonchev–Trinajstić information content (AvgIpc) is 2.62. The van der Waals surface area contributed by atoms with Crippen molar-refractivity contribution in [1.82, 2.24) is 9.97 Å². The molecule has 0 aliphatic carbocycles. The summed E-state index contributed by atoms with van der Waals surface area (Å²) < 4.78 is 50.8. The van der Waals surface area contributed by atoms with E-state index in [1.807, 2.05) is 39.0 Å². The van der Waals surface area contributed by atoms with Gasteiger partial charge in [-0.15, -0.1) is 0 Å². The number of alkyl halides is 3. The number of nitrogens with zero attached hydrogens (tertiary/aromatic N) is 3. The van der Waals surface area contributed by atoms with Crippen LogP contribution in [0.25, 0.3) is 0 Å². The van der Waals surface area contributed by atoms with E-state index in [2.05, 4.69) is 9.97 Å². The Labute approximate surface area is 157 Å². The second-order valence-corrected chi connectivity index (χ2v) is 5.90. The fraction of sp³-hybridized carbons (Fsp3) is 0.474. The maximum atomic E-state index is 13.3. The summed E-state index contributed by atoms with van der Waals surface area (Å²) in [4.78, 5) is 9.72. The maximum Gasteiger partial charge on any atom is 0.423 e. The first-order chi connectivity index (χ1) is 12.8. The molecule has 1 unspecified atom stereocenters. The standard InChI is InChI=1S/C19H24F3N3O2/c1-5-13(4)27-17-16(19(20,21)22)12-23-18(24-17)25(6-2)14-9-8-10-15(11-14)26-7-3/h8-13H,5-7H2,1-4H3. The number of ether oxygens (including phenoxy) is 2. The Morgan fingerprint density at radius 3 is 2.52 bits per heavy atom. The molecule has 1 aromatic heterocycles. The van der Waals surface area contributed by atoms with E-state index in [1.54, 1.807) is 17.9 Å². The number of hydrogen-bond acceptors (Lipinski definition) is 5. The van der Waals surface area contributed by atoms with Crippen LogP contribution >= 0.6 is 0 Å². The first-order valence-electron chi connectivity index (χ1n) is 8.91. The van der Waals surface area contributed by atoms with E-state index in [1.165, 1.54) is 0 Å². The van der Waals surface area contributed by atoms with E-state index < -0.39 is 23.7 Å². The predicted octanol–water partition coefficient (Wildman–Crippen LogP) is 5.23. The van der Waals surface area contributed by atoms with Crippen LogP contribution in [0.3, 0.4) is 0 Å². The molecule has 0 saturated carbocycles. The Morgan fingerprint density at radius 2 is 1.93 bits per heavy atom. The van der Waals surface area contributed by atoms with Crippen molar-refractivity contribution in [2.24, 2.45) is 0 Å². The molecule has 2 aromatic rings. The quantitative estimate of drug-likeness (QED) is 0.625. The molecule has 1 atom stereocenters. The highest BCUT2D eigenvalue weighted by Gasteiger charge is 2.37. The summed E-state index contributed by atoms with van der Waals surface area (Å²) >= 11 is 0. The van der Waals surface area contributed by atoms with Gasteiger partial charge in [-0.2, -0.15) is 18.2 Å². The molecule has 1 aromatic carbocycles. The monoisotopic (exact) mass is 383 g/mol. The van der Waals surface area contributed by atoms with Crippen LogP contribution in [0.1, 0.15) is 39.7 Å². The molecular formula is C19H24F3N3O2. The van der Waals surface area contributed by atoms with Crippen molar-refractivity contribution in [3.05, 3.63) is 36.0 Å². The van der Waals surface area contributed by atoms with Crippen molar-refractivity contribution >= 4 is 11.6 Å². The maximum absolute atomic E-state index is 13.3. The summed E-state index contributed by atoms with van der Waals surface area (Å²) in [7, 11) is 0. The summed E-state index contributed by atoms with van der Waals surface area (Å²) in [5.74, 6) is 0.343. The van der Waals surface area contributed by atoms with Gasteiger partial charge < -0.3 is 14.4 Å². The molecule has 0 spiro atoms. The van der Waals surface area contributed by atoms with Gasteiger partial charge in [-0.25, -0.2) is 4.98 Å². The lowest BCUT2D eigenvalue weighted by Crippen LogP contribution is -2.22. The Hall–Kier alpha value is -2.51. The number of rotatable bonds is 8. The van der Waals surface area contributed by atoms with E-state index in [0.29, 0.717) is 25.3 Å². The minimum absolute atomic E-state index is 0.137. The Balaban J connectivity index is 2.46. The number of benzene rings is 1. The second-order valence-electron chi connectivity index (χ2n) is 5.90. The van der Waals surface area contributed by atoms with Crippen LogP contribution in [-0.2, 0) is 6.18 Å². The molecule has 0 aliphatic heterocycles. The van der Waals surface area contributed by atoms with Gasteiger partial charge in [0.25, 0.3) is 0 Å². The predicted molar refractivity (Wildman–Crippen MR) is 97.7 cm³/mol. The number of anilines is 2. The molecule has 8 heteroatoms. The highest BCUT2D eigenvalue weighted by molar-refractivity contribution is 5.59. The van der Waals surface area contributed by atoms with Gasteiger partial charge in [0.2, 0.25) is 11.8 Å². The highest BCUT2D eigenvalue weighted by atomic mass is 19.4. The summed E-state index contributed by atoms with van der Waals surface area (Å²) in [6.07, 6.45) is -3.66. The molecule has 0 fully saturated rings. The number of hydrogen-bond donors (Lipinski definition) is 0. The van der Waals surface area contributed by atoms with E-state index in [9.17, 15) is 13.2 Å². The van der Waals surface area contributed by atoms with Gasteiger partial charge in [-0.1, -0.05) is 13.0 Å². The molecule has 0 N–H and O–H groups in total. The van der Waals surface area contributed by atoms with Crippen molar-refractivity contribution in [3.63, 3.8) is 0 Å². The van der Waals surface area contributed by atoms with Crippen LogP contribution in [0.5, 0.6) is 11.6 Å². The lowest BCUT2D eigenvalue weighted by Gasteiger charge is -2.23. The highest BCUT2D eigenvalue weighted by Crippen LogP contribution is 2.37. The summed E-state index contributed by atoms with van der Waals surface area (Å²) in [5, 5.41) is 0. The van der Waals surface area contributed by atoms with Gasteiger partial charge in [-0.05, 0) is 39.3 Å². The number of halogens is 3. The zero-order chi connectivity index (χ0) is 20.0. The Morgan fingerprint density at radius 1 is 1.19 bits per heavy atom. The molecule has 27 heavy (non-hydrogen) atoms. The first kappa shape index (κ1) is 20.8. The molecule has 0 amide bonds. The zero-order valence-electron chi connectivity index (χ0n) is 15.9. The lowest BCUT2D eigenvalue weighted by molar-refractivity contribution is -0.139. The fourth-order valence-corrected chi connectivity index (χ4v) is 2.39. The van der Waals surface area contributed by atoms with Gasteiger partial charge in [-0.3, -0.25) is 0 Å². The molecule has 5 nitrogen and oxygen atoms in total. The Bertz CT molecular complexity index is 753. The molecule has 148 valence electrons. The van der Waals surface area contributed by atoms with Gasteiger partial charge in [0.15, 0.2) is 0 Å². The minimum Gasteiger partial charge on any atom is -0.494 e. The van der Waals surface area contributed by atoms with E-state index in [-0.39, 0.29) is 5.95 Å². The third kappa shape index (κ3) is 5.24. The van der Waals surface area contributed by atoms with Crippen LogP contribution in [-0.4, -0.2) is 29.2 Å². The van der Waals surface area contributed by atoms with Crippen LogP contribution < -0.4 is 14.4 Å². The topological polar surface area (TPSA) is 47.5 Å².